The lowest BCUT2D eigenvalue weighted by Gasteiger charge is -2.18. The first-order valence-electron chi connectivity index (χ1n) is 5.06. The monoisotopic (exact) mass is 195 g/mol. The average Bonchev–Trinajstić information content (AvgIpc) is 2.52. The molecule has 0 radical (unpaired) electrons. The molecule has 4 heteroatoms. The molecule has 1 fully saturated rings. The van der Waals surface area contributed by atoms with E-state index >= 15 is 0 Å². The Morgan fingerprint density at radius 1 is 1.71 bits per heavy atom. The third-order valence-corrected chi connectivity index (χ3v) is 2.37. The van der Waals surface area contributed by atoms with Gasteiger partial charge in [0.25, 0.3) is 0 Å². The number of likely N-dealkylation sites (tertiary alicyclic amines) is 1. The lowest BCUT2D eigenvalue weighted by atomic mass is 10.1. The van der Waals surface area contributed by atoms with E-state index in [4.69, 9.17) is 5.26 Å². The van der Waals surface area contributed by atoms with Gasteiger partial charge in [-0.2, -0.15) is 5.26 Å². The van der Waals surface area contributed by atoms with Gasteiger partial charge in [-0.1, -0.05) is 0 Å². The van der Waals surface area contributed by atoms with Crippen LogP contribution in [0.3, 0.4) is 0 Å². The number of nitrogens with one attached hydrogen (secondary N) is 1. The second kappa shape index (κ2) is 4.85. The van der Waals surface area contributed by atoms with E-state index < -0.39 is 0 Å². The minimum Gasteiger partial charge on any atom is -0.336 e. The fourth-order valence-corrected chi connectivity index (χ4v) is 1.65. The number of nitriles is 1. The molecule has 4 nitrogen and oxygen atoms in total. The summed E-state index contributed by atoms with van der Waals surface area (Å²) in [4.78, 5) is 13.3. The molecule has 1 heterocycles. The van der Waals surface area contributed by atoms with Crippen molar-refractivity contribution in [3.63, 3.8) is 0 Å². The zero-order valence-electron chi connectivity index (χ0n) is 8.79. The van der Waals surface area contributed by atoms with E-state index in [1.807, 2.05) is 13.8 Å². The van der Waals surface area contributed by atoms with Crippen LogP contribution in [0.2, 0.25) is 0 Å². The van der Waals surface area contributed by atoms with Crippen LogP contribution in [0.1, 0.15) is 26.7 Å². The van der Waals surface area contributed by atoms with Crippen molar-refractivity contribution in [3.8, 4) is 6.07 Å². The Balaban J connectivity index is 2.35. The molecule has 14 heavy (non-hydrogen) atoms. The van der Waals surface area contributed by atoms with Crippen molar-refractivity contribution >= 4 is 6.03 Å². The smallest absolute Gasteiger partial charge is 0.317 e. The number of urea groups is 1. The molecule has 1 unspecified atom stereocenters. The van der Waals surface area contributed by atoms with Gasteiger partial charge in [-0.15, -0.1) is 0 Å². The summed E-state index contributed by atoms with van der Waals surface area (Å²) in [6.45, 7) is 5.40. The standard InChI is InChI=1S/C10H17N3O/c1-8(2)12-10(14)13-6-4-9(7-13)3-5-11/h8-9H,3-4,6-7H2,1-2H3,(H,12,14). The van der Waals surface area contributed by atoms with Gasteiger partial charge in [-0.05, 0) is 26.2 Å². The van der Waals surface area contributed by atoms with E-state index in [-0.39, 0.29) is 12.1 Å². The van der Waals surface area contributed by atoms with Gasteiger partial charge in [0.05, 0.1) is 6.07 Å². The van der Waals surface area contributed by atoms with Crippen LogP contribution in [0.4, 0.5) is 4.79 Å². The molecule has 78 valence electrons. The number of nitrogens with zero attached hydrogens (tertiary/aromatic N) is 2. The number of carbonyl (C=O) groups excluding carboxylic acids is 1. The fraction of sp³-hybridized carbons (Fsp3) is 0.800. The first-order valence-corrected chi connectivity index (χ1v) is 5.06. The summed E-state index contributed by atoms with van der Waals surface area (Å²) in [6, 6.07) is 2.33. The molecule has 2 amide bonds. The zero-order valence-corrected chi connectivity index (χ0v) is 8.79. The summed E-state index contributed by atoms with van der Waals surface area (Å²) in [5.41, 5.74) is 0. The predicted molar refractivity (Wildman–Crippen MR) is 53.6 cm³/mol. The number of rotatable bonds is 2. The molecule has 0 aromatic heterocycles. The molecule has 1 saturated heterocycles. The maximum atomic E-state index is 11.5. The highest BCUT2D eigenvalue weighted by Crippen LogP contribution is 2.18. The highest BCUT2D eigenvalue weighted by Gasteiger charge is 2.25. The van der Waals surface area contributed by atoms with E-state index in [0.717, 1.165) is 19.5 Å². The van der Waals surface area contributed by atoms with Crippen LogP contribution in [0, 0.1) is 17.2 Å². The van der Waals surface area contributed by atoms with Crippen LogP contribution in [0.25, 0.3) is 0 Å². The molecule has 1 N–H and O–H groups in total. The third kappa shape index (κ3) is 2.91. The van der Waals surface area contributed by atoms with Crippen molar-refractivity contribution in [1.82, 2.24) is 10.2 Å². The van der Waals surface area contributed by atoms with Crippen molar-refractivity contribution in [2.75, 3.05) is 13.1 Å². The summed E-state index contributed by atoms with van der Waals surface area (Å²) < 4.78 is 0. The first-order chi connectivity index (χ1) is 6.63. The van der Waals surface area contributed by atoms with Crippen LogP contribution in [0.5, 0.6) is 0 Å². The third-order valence-electron chi connectivity index (χ3n) is 2.37. The first kappa shape index (κ1) is 10.8. The van der Waals surface area contributed by atoms with Gasteiger partial charge in [-0.3, -0.25) is 0 Å². The van der Waals surface area contributed by atoms with Gasteiger partial charge in [0, 0.05) is 25.6 Å². The molecule has 0 aromatic carbocycles. The molecular formula is C10H17N3O. The molecule has 0 aromatic rings. The molecule has 1 aliphatic heterocycles. The van der Waals surface area contributed by atoms with Gasteiger partial charge in [0.2, 0.25) is 0 Å². The van der Waals surface area contributed by atoms with Gasteiger partial charge >= 0.3 is 6.03 Å². The number of amides is 2. The molecular weight excluding hydrogens is 178 g/mol. The molecule has 0 bridgehead atoms. The topological polar surface area (TPSA) is 56.1 Å². The number of hydrogen-bond acceptors (Lipinski definition) is 2. The quantitative estimate of drug-likeness (QED) is 0.723. The van der Waals surface area contributed by atoms with Crippen LogP contribution in [-0.4, -0.2) is 30.1 Å². The summed E-state index contributed by atoms with van der Waals surface area (Å²) in [7, 11) is 0. The molecule has 1 atom stereocenters. The summed E-state index contributed by atoms with van der Waals surface area (Å²) in [5, 5.41) is 11.4. The van der Waals surface area contributed by atoms with Gasteiger partial charge in [-0.25, -0.2) is 4.79 Å². The largest absolute Gasteiger partial charge is 0.336 e. The lowest BCUT2D eigenvalue weighted by Crippen LogP contribution is -2.41. The Kier molecular flexibility index (Phi) is 3.75. The van der Waals surface area contributed by atoms with E-state index in [1.165, 1.54) is 0 Å². The van der Waals surface area contributed by atoms with Crippen LogP contribution in [-0.2, 0) is 0 Å². The van der Waals surface area contributed by atoms with Crippen molar-refractivity contribution < 1.29 is 4.79 Å². The normalized spacial score (nSPS) is 21.0. The number of hydrogen-bond donors (Lipinski definition) is 1. The van der Waals surface area contributed by atoms with Gasteiger partial charge < -0.3 is 10.2 Å². The zero-order chi connectivity index (χ0) is 10.6. The van der Waals surface area contributed by atoms with Crippen LogP contribution in [0.15, 0.2) is 0 Å². The molecule has 0 spiro atoms. The van der Waals surface area contributed by atoms with E-state index in [9.17, 15) is 4.79 Å². The molecule has 0 saturated carbocycles. The highest BCUT2D eigenvalue weighted by molar-refractivity contribution is 5.74. The SMILES string of the molecule is CC(C)NC(=O)N1CCC(CC#N)C1. The van der Waals surface area contributed by atoms with Crippen LogP contribution < -0.4 is 5.32 Å². The van der Waals surface area contributed by atoms with Crippen LogP contribution >= 0.6 is 0 Å². The summed E-state index contributed by atoms with van der Waals surface area (Å²) in [5.74, 6) is 0.373. The number of carbonyl (C=O) groups is 1. The molecule has 1 aliphatic rings. The second-order valence-corrected chi connectivity index (χ2v) is 4.07. The van der Waals surface area contributed by atoms with Crippen molar-refractivity contribution in [2.45, 2.75) is 32.7 Å². The minimum atomic E-state index is 0.000407. The van der Waals surface area contributed by atoms with Gasteiger partial charge in [0.15, 0.2) is 0 Å². The summed E-state index contributed by atoms with van der Waals surface area (Å²) >= 11 is 0. The molecule has 1 rings (SSSR count). The average molecular weight is 195 g/mol. The predicted octanol–water partition coefficient (Wildman–Crippen LogP) is 1.34. The summed E-state index contributed by atoms with van der Waals surface area (Å²) in [6.07, 6.45) is 1.52. The Hall–Kier alpha value is -1.24. The Labute approximate surface area is 84.9 Å². The van der Waals surface area contributed by atoms with Gasteiger partial charge in [0.1, 0.15) is 0 Å². The van der Waals surface area contributed by atoms with E-state index in [0.29, 0.717) is 12.3 Å². The van der Waals surface area contributed by atoms with Crippen molar-refractivity contribution in [2.24, 2.45) is 5.92 Å². The Morgan fingerprint density at radius 3 is 3.00 bits per heavy atom. The minimum absolute atomic E-state index is 0.000407. The van der Waals surface area contributed by atoms with Crippen molar-refractivity contribution in [3.05, 3.63) is 0 Å². The fourth-order valence-electron chi connectivity index (χ4n) is 1.65. The van der Waals surface area contributed by atoms with E-state index in [1.54, 1.807) is 4.90 Å². The second-order valence-electron chi connectivity index (χ2n) is 4.07. The Morgan fingerprint density at radius 2 is 2.43 bits per heavy atom. The Bertz CT molecular complexity index is 244. The molecule has 0 aliphatic carbocycles. The maximum absolute atomic E-state index is 11.5. The van der Waals surface area contributed by atoms with E-state index in [2.05, 4.69) is 11.4 Å². The highest BCUT2D eigenvalue weighted by atomic mass is 16.2. The lowest BCUT2D eigenvalue weighted by molar-refractivity contribution is 0.204. The van der Waals surface area contributed by atoms with Crippen molar-refractivity contribution in [1.29, 1.82) is 5.26 Å². The maximum Gasteiger partial charge on any atom is 0.317 e.